The van der Waals surface area contributed by atoms with Crippen LogP contribution in [0.25, 0.3) is 0 Å². The summed E-state index contributed by atoms with van der Waals surface area (Å²) in [5.41, 5.74) is 6.16. The molecule has 0 atom stereocenters. The Labute approximate surface area is 119 Å². The lowest BCUT2D eigenvalue weighted by Gasteiger charge is -2.07. The summed E-state index contributed by atoms with van der Waals surface area (Å²) in [6.07, 6.45) is 1.34. The maximum Gasteiger partial charge on any atom is 0.358 e. The number of carboxylic acids is 1. The van der Waals surface area contributed by atoms with Gasteiger partial charge in [0.2, 0.25) is 5.91 Å². The van der Waals surface area contributed by atoms with Crippen LogP contribution in [0.4, 0.5) is 5.82 Å². The summed E-state index contributed by atoms with van der Waals surface area (Å²) in [5, 5.41) is 18.9. The third-order valence-corrected chi connectivity index (χ3v) is 2.64. The molecule has 0 aliphatic heterocycles. The van der Waals surface area contributed by atoms with Crippen molar-refractivity contribution in [2.45, 2.75) is 13.5 Å². The molecule has 0 radical (unpaired) electrons. The van der Waals surface area contributed by atoms with Crippen molar-refractivity contribution in [3.05, 3.63) is 35.3 Å². The Hall–Kier alpha value is -2.97. The first-order chi connectivity index (χ1) is 9.95. The van der Waals surface area contributed by atoms with Gasteiger partial charge in [0.1, 0.15) is 5.82 Å². The van der Waals surface area contributed by atoms with Crippen LogP contribution in [0.3, 0.4) is 0 Å². The monoisotopic (exact) mass is 290 g/mol. The number of rotatable bonds is 6. The van der Waals surface area contributed by atoms with Gasteiger partial charge in [-0.2, -0.15) is 0 Å². The number of hydrogen-bond donors (Lipinski definition) is 3. The van der Waals surface area contributed by atoms with Crippen molar-refractivity contribution in [3.63, 3.8) is 0 Å². The molecule has 110 valence electrons. The van der Waals surface area contributed by atoms with Gasteiger partial charge >= 0.3 is 5.97 Å². The van der Waals surface area contributed by atoms with Gasteiger partial charge < -0.3 is 16.2 Å². The van der Waals surface area contributed by atoms with Crippen LogP contribution in [0.1, 0.15) is 26.5 Å². The van der Waals surface area contributed by atoms with E-state index in [0.29, 0.717) is 30.2 Å². The minimum Gasteiger partial charge on any atom is -0.476 e. The first-order valence-corrected chi connectivity index (χ1v) is 6.11. The van der Waals surface area contributed by atoms with E-state index in [9.17, 15) is 9.59 Å². The molecule has 0 aromatic carbocycles. The van der Waals surface area contributed by atoms with Crippen LogP contribution >= 0.6 is 0 Å². The molecule has 4 N–H and O–H groups in total. The van der Waals surface area contributed by atoms with Gasteiger partial charge in [0.15, 0.2) is 5.69 Å². The average molecular weight is 290 g/mol. The number of aryl methyl sites for hydroxylation is 1. The Balaban J connectivity index is 1.96. The summed E-state index contributed by atoms with van der Waals surface area (Å²) in [4.78, 5) is 26.0. The van der Waals surface area contributed by atoms with Crippen LogP contribution < -0.4 is 11.1 Å². The normalized spacial score (nSPS) is 10.3. The number of nitrogens with zero attached hydrogens (tertiary/aromatic N) is 4. The molecule has 2 rings (SSSR count). The summed E-state index contributed by atoms with van der Waals surface area (Å²) in [5.74, 6) is -1.13. The zero-order valence-electron chi connectivity index (χ0n) is 11.3. The number of aromatic carboxylic acids is 1. The van der Waals surface area contributed by atoms with E-state index < -0.39 is 11.9 Å². The molecule has 0 spiro atoms. The Morgan fingerprint density at radius 3 is 2.81 bits per heavy atom. The zero-order chi connectivity index (χ0) is 15.4. The summed E-state index contributed by atoms with van der Waals surface area (Å²) >= 11 is 0. The van der Waals surface area contributed by atoms with Gasteiger partial charge in [0.05, 0.1) is 12.7 Å². The fourth-order valence-corrected chi connectivity index (χ4v) is 1.71. The Morgan fingerprint density at radius 1 is 1.43 bits per heavy atom. The fourth-order valence-electron chi connectivity index (χ4n) is 1.71. The van der Waals surface area contributed by atoms with Crippen LogP contribution in [0.2, 0.25) is 0 Å². The molecule has 1 amide bonds. The third kappa shape index (κ3) is 3.75. The molecule has 0 aliphatic carbocycles. The highest BCUT2D eigenvalue weighted by Crippen LogP contribution is 2.09. The Morgan fingerprint density at radius 2 is 2.19 bits per heavy atom. The van der Waals surface area contributed by atoms with Crippen LogP contribution in [0.5, 0.6) is 0 Å². The predicted octanol–water partition coefficient (Wildman–Crippen LogP) is -0.109. The lowest BCUT2D eigenvalue weighted by Crippen LogP contribution is -2.15. The summed E-state index contributed by atoms with van der Waals surface area (Å²) in [6.45, 7) is 2.60. The van der Waals surface area contributed by atoms with Crippen molar-refractivity contribution >= 4 is 17.7 Å². The van der Waals surface area contributed by atoms with E-state index in [4.69, 9.17) is 10.8 Å². The molecule has 2 aromatic heterocycles. The minimum absolute atomic E-state index is 0.111. The Bertz CT molecular complexity index is 681. The number of amides is 1. The second kappa shape index (κ2) is 5.99. The van der Waals surface area contributed by atoms with E-state index in [1.807, 2.05) is 0 Å². The molecule has 2 aromatic rings. The van der Waals surface area contributed by atoms with E-state index in [-0.39, 0.29) is 5.69 Å². The number of nitrogens with two attached hydrogens (primary N) is 1. The van der Waals surface area contributed by atoms with Gasteiger partial charge in [-0.1, -0.05) is 5.21 Å². The third-order valence-electron chi connectivity index (χ3n) is 2.64. The highest BCUT2D eigenvalue weighted by Gasteiger charge is 2.08. The molecule has 0 aliphatic rings. The molecule has 9 heteroatoms. The maximum atomic E-state index is 11.2. The van der Waals surface area contributed by atoms with Crippen LogP contribution in [-0.2, 0) is 6.54 Å². The van der Waals surface area contributed by atoms with E-state index in [2.05, 4.69) is 20.6 Å². The highest BCUT2D eigenvalue weighted by atomic mass is 16.4. The molecule has 2 heterocycles. The largest absolute Gasteiger partial charge is 0.476 e. The number of carbonyl (C=O) groups is 2. The number of carbonyl (C=O) groups excluding carboxylic acids is 1. The molecule has 0 bridgehead atoms. The van der Waals surface area contributed by atoms with E-state index >= 15 is 0 Å². The molecule has 0 saturated carbocycles. The van der Waals surface area contributed by atoms with E-state index in [0.717, 1.165) is 0 Å². The van der Waals surface area contributed by atoms with Gasteiger partial charge in [-0.05, 0) is 19.1 Å². The summed E-state index contributed by atoms with van der Waals surface area (Å²) in [7, 11) is 0. The number of anilines is 1. The van der Waals surface area contributed by atoms with Crippen molar-refractivity contribution < 1.29 is 14.7 Å². The zero-order valence-corrected chi connectivity index (χ0v) is 11.3. The lowest BCUT2D eigenvalue weighted by molar-refractivity contribution is 0.0690. The molecule has 0 saturated heterocycles. The van der Waals surface area contributed by atoms with Gasteiger partial charge in [-0.25, -0.2) is 14.5 Å². The van der Waals surface area contributed by atoms with E-state index in [1.165, 1.54) is 10.9 Å². The van der Waals surface area contributed by atoms with Crippen molar-refractivity contribution in [3.8, 4) is 0 Å². The van der Waals surface area contributed by atoms with Gasteiger partial charge in [-0.3, -0.25) is 4.79 Å². The van der Waals surface area contributed by atoms with Gasteiger partial charge in [-0.15, -0.1) is 5.10 Å². The smallest absolute Gasteiger partial charge is 0.358 e. The first-order valence-electron chi connectivity index (χ1n) is 6.11. The van der Waals surface area contributed by atoms with Crippen molar-refractivity contribution in [1.82, 2.24) is 20.0 Å². The molecule has 9 nitrogen and oxygen atoms in total. The quantitative estimate of drug-likeness (QED) is 0.675. The van der Waals surface area contributed by atoms with Gasteiger partial charge in [0, 0.05) is 17.8 Å². The van der Waals surface area contributed by atoms with Crippen molar-refractivity contribution in [2.24, 2.45) is 5.73 Å². The van der Waals surface area contributed by atoms with Crippen LogP contribution in [-0.4, -0.2) is 43.5 Å². The molecular formula is C12H14N6O3. The standard InChI is InChI=1S/C12H14N6O3/c1-7-4-8(11(13)19)5-10(15-7)14-2-3-18-6-9(12(20)21)16-17-18/h4-6H,2-3H2,1H3,(H2,13,19)(H,14,15)(H,20,21). The number of aromatic nitrogens is 4. The fraction of sp³-hybridized carbons (Fsp3) is 0.250. The summed E-state index contributed by atoms with van der Waals surface area (Å²) in [6, 6.07) is 3.16. The average Bonchev–Trinajstić information content (AvgIpc) is 2.87. The molecule has 0 fully saturated rings. The summed E-state index contributed by atoms with van der Waals surface area (Å²) < 4.78 is 1.40. The maximum absolute atomic E-state index is 11.2. The Kier molecular flexibility index (Phi) is 4.12. The topological polar surface area (TPSA) is 136 Å². The van der Waals surface area contributed by atoms with Crippen molar-refractivity contribution in [2.75, 3.05) is 11.9 Å². The predicted molar refractivity (Wildman–Crippen MR) is 73.0 cm³/mol. The first kappa shape index (κ1) is 14.4. The number of primary amides is 1. The van der Waals surface area contributed by atoms with Crippen molar-refractivity contribution in [1.29, 1.82) is 0 Å². The molecule has 21 heavy (non-hydrogen) atoms. The van der Waals surface area contributed by atoms with Crippen LogP contribution in [0.15, 0.2) is 18.3 Å². The lowest BCUT2D eigenvalue weighted by atomic mass is 10.2. The second-order valence-electron chi connectivity index (χ2n) is 4.35. The SMILES string of the molecule is Cc1cc(C(N)=O)cc(NCCn2cc(C(=O)O)nn2)n1. The van der Waals surface area contributed by atoms with Crippen LogP contribution in [0, 0.1) is 6.92 Å². The minimum atomic E-state index is -1.12. The number of nitrogens with one attached hydrogen (secondary N) is 1. The molecule has 0 unspecified atom stereocenters. The molecular weight excluding hydrogens is 276 g/mol. The number of carboxylic acid groups (broad SMARTS) is 1. The highest BCUT2D eigenvalue weighted by molar-refractivity contribution is 5.93. The number of pyridine rings is 1. The number of hydrogen-bond acceptors (Lipinski definition) is 6. The van der Waals surface area contributed by atoms with Gasteiger partial charge in [0.25, 0.3) is 0 Å². The second-order valence-corrected chi connectivity index (χ2v) is 4.35. The van der Waals surface area contributed by atoms with E-state index in [1.54, 1.807) is 19.1 Å².